The minimum Gasteiger partial charge on any atom is -0.322 e. The molecule has 0 fully saturated rings. The first-order valence-electron chi connectivity index (χ1n) is 11.1. The minimum atomic E-state index is -0.255. The second kappa shape index (κ2) is 11.7. The molecule has 3 aromatic rings. The first-order chi connectivity index (χ1) is 16.0. The van der Waals surface area contributed by atoms with E-state index in [0.717, 1.165) is 30.8 Å². The van der Waals surface area contributed by atoms with E-state index in [1.54, 1.807) is 24.5 Å². The molecule has 2 aromatic carbocycles. The third kappa shape index (κ3) is 7.12. The highest BCUT2D eigenvalue weighted by atomic mass is 16.2. The van der Waals surface area contributed by atoms with Crippen molar-refractivity contribution in [2.45, 2.75) is 27.3 Å². The Kier molecular flexibility index (Phi) is 8.49. The van der Waals surface area contributed by atoms with Gasteiger partial charge in [0.05, 0.1) is 0 Å². The summed E-state index contributed by atoms with van der Waals surface area (Å²) < 4.78 is 0. The van der Waals surface area contributed by atoms with Gasteiger partial charge in [0, 0.05) is 42.0 Å². The molecule has 170 valence electrons. The number of hydrogen-bond acceptors (Lipinski definition) is 4. The Balaban J connectivity index is 1.63. The van der Waals surface area contributed by atoms with Gasteiger partial charge in [0.25, 0.3) is 5.91 Å². The van der Waals surface area contributed by atoms with E-state index < -0.39 is 0 Å². The van der Waals surface area contributed by atoms with E-state index in [-0.39, 0.29) is 11.8 Å². The van der Waals surface area contributed by atoms with Gasteiger partial charge < -0.3 is 10.6 Å². The fourth-order valence-corrected chi connectivity index (χ4v) is 3.33. The van der Waals surface area contributed by atoms with Gasteiger partial charge in [0.2, 0.25) is 5.91 Å². The van der Waals surface area contributed by atoms with Crippen LogP contribution in [0.2, 0.25) is 0 Å². The van der Waals surface area contributed by atoms with E-state index in [0.29, 0.717) is 16.9 Å². The SMILES string of the molecule is CCN(CC)Cc1ccc(C(=O)Nc2ccc(C)c(NC(=O)/C=C/c3cccnc3)c2)cc1. The van der Waals surface area contributed by atoms with Gasteiger partial charge in [0.15, 0.2) is 0 Å². The monoisotopic (exact) mass is 442 g/mol. The summed E-state index contributed by atoms with van der Waals surface area (Å²) >= 11 is 0. The van der Waals surface area contributed by atoms with Crippen LogP contribution in [0.15, 0.2) is 73.1 Å². The quantitative estimate of drug-likeness (QED) is 0.450. The van der Waals surface area contributed by atoms with Crippen LogP contribution >= 0.6 is 0 Å². The van der Waals surface area contributed by atoms with Gasteiger partial charge in [0.1, 0.15) is 0 Å². The lowest BCUT2D eigenvalue weighted by molar-refractivity contribution is -0.111. The number of rotatable bonds is 9. The summed E-state index contributed by atoms with van der Waals surface area (Å²) in [5, 5.41) is 5.78. The molecule has 0 aliphatic carbocycles. The van der Waals surface area contributed by atoms with Crippen LogP contribution in [0.4, 0.5) is 11.4 Å². The highest BCUT2D eigenvalue weighted by molar-refractivity contribution is 6.05. The first-order valence-corrected chi connectivity index (χ1v) is 11.1. The molecule has 33 heavy (non-hydrogen) atoms. The van der Waals surface area contributed by atoms with Crippen LogP contribution in [-0.4, -0.2) is 34.8 Å². The standard InChI is InChI=1S/C27H30N4O2/c1-4-31(5-2)19-22-9-12-23(13-10-22)27(33)29-24-14-8-20(3)25(17-24)30-26(32)15-11-21-7-6-16-28-18-21/h6-18H,4-5,19H2,1-3H3,(H,29,33)(H,30,32)/b15-11+. The van der Waals surface area contributed by atoms with Crippen molar-refractivity contribution >= 4 is 29.3 Å². The number of hydrogen-bond donors (Lipinski definition) is 2. The van der Waals surface area contributed by atoms with E-state index in [4.69, 9.17) is 0 Å². The van der Waals surface area contributed by atoms with E-state index in [2.05, 4.69) is 34.4 Å². The molecule has 2 N–H and O–H groups in total. The molecule has 6 nitrogen and oxygen atoms in total. The lowest BCUT2D eigenvalue weighted by Crippen LogP contribution is -2.22. The number of aromatic nitrogens is 1. The zero-order valence-corrected chi connectivity index (χ0v) is 19.3. The molecule has 0 aliphatic heterocycles. The number of nitrogens with zero attached hydrogens (tertiary/aromatic N) is 2. The second-order valence-electron chi connectivity index (χ2n) is 7.75. The van der Waals surface area contributed by atoms with Crippen molar-refractivity contribution in [3.8, 4) is 0 Å². The number of carbonyl (C=O) groups is 2. The number of carbonyl (C=O) groups excluding carboxylic acids is 2. The van der Waals surface area contributed by atoms with E-state index >= 15 is 0 Å². The van der Waals surface area contributed by atoms with Crippen LogP contribution in [0, 0.1) is 6.92 Å². The predicted molar refractivity (Wildman–Crippen MR) is 134 cm³/mol. The van der Waals surface area contributed by atoms with Crippen molar-refractivity contribution in [2.24, 2.45) is 0 Å². The summed E-state index contributed by atoms with van der Waals surface area (Å²) in [5.41, 5.74) is 4.76. The van der Waals surface area contributed by atoms with Crippen LogP contribution in [0.25, 0.3) is 6.08 Å². The zero-order chi connectivity index (χ0) is 23.6. The molecule has 0 saturated heterocycles. The minimum absolute atomic E-state index is 0.193. The highest BCUT2D eigenvalue weighted by Crippen LogP contribution is 2.21. The molecule has 0 spiro atoms. The number of nitrogens with one attached hydrogen (secondary N) is 2. The summed E-state index contributed by atoms with van der Waals surface area (Å²) in [4.78, 5) is 31.4. The molecule has 0 aliphatic rings. The third-order valence-corrected chi connectivity index (χ3v) is 5.38. The Labute approximate surface area is 195 Å². The van der Waals surface area contributed by atoms with Gasteiger partial charge in [-0.3, -0.25) is 19.5 Å². The van der Waals surface area contributed by atoms with Gasteiger partial charge in [-0.15, -0.1) is 0 Å². The van der Waals surface area contributed by atoms with Gasteiger partial charge >= 0.3 is 0 Å². The average molecular weight is 443 g/mol. The number of aryl methyl sites for hydroxylation is 1. The zero-order valence-electron chi connectivity index (χ0n) is 19.3. The van der Waals surface area contributed by atoms with Crippen LogP contribution in [0.1, 0.15) is 40.9 Å². The summed E-state index contributed by atoms with van der Waals surface area (Å²) in [6, 6.07) is 16.8. The van der Waals surface area contributed by atoms with Crippen molar-refractivity contribution in [3.63, 3.8) is 0 Å². The smallest absolute Gasteiger partial charge is 0.255 e. The lowest BCUT2D eigenvalue weighted by Gasteiger charge is -2.18. The molecule has 1 heterocycles. The predicted octanol–water partition coefficient (Wildman–Crippen LogP) is 5.14. The molecular formula is C27H30N4O2. The Morgan fingerprint density at radius 2 is 1.76 bits per heavy atom. The Hall–Kier alpha value is -3.77. The third-order valence-electron chi connectivity index (χ3n) is 5.38. The van der Waals surface area contributed by atoms with E-state index in [1.165, 1.54) is 11.6 Å². The first kappa shape index (κ1) is 23.9. The van der Waals surface area contributed by atoms with Gasteiger partial charge in [-0.2, -0.15) is 0 Å². The van der Waals surface area contributed by atoms with Crippen molar-refractivity contribution in [1.82, 2.24) is 9.88 Å². The van der Waals surface area contributed by atoms with Crippen molar-refractivity contribution in [2.75, 3.05) is 23.7 Å². The molecule has 0 saturated carbocycles. The summed E-state index contributed by atoms with van der Waals surface area (Å²) in [7, 11) is 0. The molecule has 2 amide bonds. The van der Waals surface area contributed by atoms with Gasteiger partial charge in [-0.05, 0) is 73.1 Å². The maximum absolute atomic E-state index is 12.7. The largest absolute Gasteiger partial charge is 0.322 e. The van der Waals surface area contributed by atoms with Crippen molar-refractivity contribution < 1.29 is 9.59 Å². The topological polar surface area (TPSA) is 74.3 Å². The van der Waals surface area contributed by atoms with Gasteiger partial charge in [-0.25, -0.2) is 0 Å². The molecule has 0 unspecified atom stereocenters. The molecule has 0 bridgehead atoms. The Bertz CT molecular complexity index is 1100. The molecule has 1 aromatic heterocycles. The van der Waals surface area contributed by atoms with E-state index in [9.17, 15) is 9.59 Å². The van der Waals surface area contributed by atoms with Crippen LogP contribution in [-0.2, 0) is 11.3 Å². The van der Waals surface area contributed by atoms with E-state index in [1.807, 2.05) is 55.5 Å². The molecule has 0 atom stereocenters. The molecule has 6 heteroatoms. The normalized spacial score (nSPS) is 11.0. The molecular weight excluding hydrogens is 412 g/mol. The highest BCUT2D eigenvalue weighted by Gasteiger charge is 2.09. The average Bonchev–Trinajstić information content (AvgIpc) is 2.84. The molecule has 0 radical (unpaired) electrons. The maximum Gasteiger partial charge on any atom is 0.255 e. The Morgan fingerprint density at radius 3 is 2.42 bits per heavy atom. The van der Waals surface area contributed by atoms with Crippen LogP contribution < -0.4 is 10.6 Å². The van der Waals surface area contributed by atoms with Crippen molar-refractivity contribution in [3.05, 3.63) is 95.3 Å². The summed E-state index contributed by atoms with van der Waals surface area (Å²) in [6.45, 7) is 9.03. The second-order valence-corrected chi connectivity index (χ2v) is 7.75. The summed E-state index contributed by atoms with van der Waals surface area (Å²) in [5.74, 6) is -0.448. The molecule has 3 rings (SSSR count). The van der Waals surface area contributed by atoms with Crippen LogP contribution in [0.3, 0.4) is 0 Å². The van der Waals surface area contributed by atoms with Gasteiger partial charge in [-0.1, -0.05) is 38.1 Å². The number of anilines is 2. The summed E-state index contributed by atoms with van der Waals surface area (Å²) in [6.07, 6.45) is 6.53. The number of amides is 2. The number of benzene rings is 2. The number of pyridine rings is 1. The van der Waals surface area contributed by atoms with Crippen LogP contribution in [0.5, 0.6) is 0 Å². The van der Waals surface area contributed by atoms with Crippen molar-refractivity contribution in [1.29, 1.82) is 0 Å². The maximum atomic E-state index is 12.7. The lowest BCUT2D eigenvalue weighted by atomic mass is 10.1. The fourth-order valence-electron chi connectivity index (χ4n) is 3.33. The Morgan fingerprint density at radius 1 is 1.00 bits per heavy atom. The fraction of sp³-hybridized carbons (Fsp3) is 0.222.